The number of rotatable bonds is 53. The highest BCUT2D eigenvalue weighted by Crippen LogP contribution is 2.30. The summed E-state index contributed by atoms with van der Waals surface area (Å²) in [4.78, 5) is 13.3. The molecule has 0 saturated carbocycles. The first-order valence-electron chi connectivity index (χ1n) is 33.0. The lowest BCUT2D eigenvalue weighted by molar-refractivity contribution is -0.359. The lowest BCUT2D eigenvalue weighted by Crippen LogP contribution is -2.65. The van der Waals surface area contributed by atoms with Gasteiger partial charge in [-0.05, 0) is 77.0 Å². The molecule has 2 aliphatic heterocycles. The third-order valence-electron chi connectivity index (χ3n) is 15.9. The number of allylic oxidation sites excluding steroid dienone is 9. The number of hydrogen-bond acceptors (Lipinski definition) is 13. The van der Waals surface area contributed by atoms with Crippen LogP contribution in [-0.4, -0.2) is 140 Å². The van der Waals surface area contributed by atoms with Crippen LogP contribution in [0.4, 0.5) is 0 Å². The van der Waals surface area contributed by atoms with E-state index in [9.17, 15) is 45.6 Å². The van der Waals surface area contributed by atoms with Crippen LogP contribution in [0.2, 0.25) is 0 Å². The van der Waals surface area contributed by atoms with Gasteiger partial charge in [0.1, 0.15) is 48.8 Å². The molecule has 2 rings (SSSR count). The number of aliphatic hydroxyl groups is 8. The molecule has 472 valence electrons. The zero-order valence-corrected chi connectivity index (χ0v) is 51.0. The van der Waals surface area contributed by atoms with Crippen molar-refractivity contribution < 1.29 is 64.6 Å². The Labute approximate surface area is 492 Å². The topological polar surface area (TPSA) is 228 Å². The monoisotopic (exact) mass is 1150 g/mol. The summed E-state index contributed by atoms with van der Waals surface area (Å²) < 4.78 is 22.8. The van der Waals surface area contributed by atoms with Crippen molar-refractivity contribution in [3.63, 3.8) is 0 Å². The molecule has 2 heterocycles. The summed E-state index contributed by atoms with van der Waals surface area (Å²) in [5.74, 6) is -0.257. The molecular weight excluding hydrogens is 1030 g/mol. The first-order chi connectivity index (χ1) is 39.6. The smallest absolute Gasteiger partial charge is 0.220 e. The van der Waals surface area contributed by atoms with E-state index in [0.717, 1.165) is 57.8 Å². The maximum absolute atomic E-state index is 13.3. The van der Waals surface area contributed by atoms with Crippen LogP contribution in [0, 0.1) is 0 Å². The molecular formula is C67H121NO13. The fourth-order valence-electron chi connectivity index (χ4n) is 10.6. The molecule has 0 radical (unpaired) electrons. The third kappa shape index (κ3) is 37.0. The van der Waals surface area contributed by atoms with Gasteiger partial charge in [-0.25, -0.2) is 0 Å². The number of amides is 1. The molecule has 2 saturated heterocycles. The van der Waals surface area contributed by atoms with Gasteiger partial charge in [0.05, 0.1) is 32.0 Å². The first kappa shape index (κ1) is 74.8. The summed E-state index contributed by atoms with van der Waals surface area (Å²) >= 11 is 0. The quantitative estimate of drug-likeness (QED) is 0.0204. The van der Waals surface area contributed by atoms with Gasteiger partial charge in [0.25, 0.3) is 0 Å². The summed E-state index contributed by atoms with van der Waals surface area (Å²) in [6.45, 7) is 2.78. The Balaban J connectivity index is 1.75. The van der Waals surface area contributed by atoms with Crippen molar-refractivity contribution in [2.24, 2.45) is 0 Å². The minimum absolute atomic E-state index is 0.257. The van der Waals surface area contributed by atoms with E-state index in [1.165, 1.54) is 173 Å². The molecule has 12 unspecified atom stereocenters. The third-order valence-corrected chi connectivity index (χ3v) is 15.9. The standard InChI is InChI=1S/C67H121NO13/c1-3-5-7-9-11-13-15-17-19-21-23-25-26-27-28-29-31-32-34-36-38-40-42-44-46-48-50-56(71)55(54-78-66-64(77)62(75)65(58(53-70)80-66)81-67-63(76)61(74)60(73)57(52-69)79-67)68-59(72)51-49-47-45-43-41-39-37-35-33-30-24-22-20-18-16-14-12-10-8-6-4-2/h16,18,22,24,32,34,40,42,48,50,55-58,60-67,69-71,73-77H,3-15,17,19-21,23,25-31,33,35-39,41,43-47,49,51-54H2,1-2H3,(H,68,72)/b18-16-,24-22-,34-32+,42-40+,50-48+. The van der Waals surface area contributed by atoms with Crippen molar-refractivity contribution in [3.8, 4) is 0 Å². The molecule has 0 bridgehead atoms. The zero-order valence-electron chi connectivity index (χ0n) is 51.0. The van der Waals surface area contributed by atoms with Crippen molar-refractivity contribution in [2.75, 3.05) is 19.8 Å². The van der Waals surface area contributed by atoms with E-state index in [1.807, 2.05) is 6.08 Å². The van der Waals surface area contributed by atoms with Gasteiger partial charge in [-0.2, -0.15) is 0 Å². The highest BCUT2D eigenvalue weighted by molar-refractivity contribution is 5.76. The van der Waals surface area contributed by atoms with Crippen LogP contribution in [0.15, 0.2) is 60.8 Å². The van der Waals surface area contributed by atoms with Gasteiger partial charge in [0.2, 0.25) is 5.91 Å². The Morgan fingerprint density at radius 2 is 0.827 bits per heavy atom. The van der Waals surface area contributed by atoms with Crippen LogP contribution >= 0.6 is 0 Å². The van der Waals surface area contributed by atoms with Crippen molar-refractivity contribution in [1.29, 1.82) is 0 Å². The lowest BCUT2D eigenvalue weighted by atomic mass is 9.97. The van der Waals surface area contributed by atoms with E-state index in [2.05, 4.69) is 67.8 Å². The minimum atomic E-state index is -1.80. The van der Waals surface area contributed by atoms with Crippen molar-refractivity contribution in [1.82, 2.24) is 5.32 Å². The molecule has 14 nitrogen and oxygen atoms in total. The van der Waals surface area contributed by atoms with E-state index in [-0.39, 0.29) is 18.9 Å². The zero-order chi connectivity index (χ0) is 58.8. The summed E-state index contributed by atoms with van der Waals surface area (Å²) in [6, 6.07) is -0.943. The van der Waals surface area contributed by atoms with Gasteiger partial charge in [0, 0.05) is 6.42 Å². The van der Waals surface area contributed by atoms with Gasteiger partial charge in [-0.3, -0.25) is 4.79 Å². The molecule has 0 aromatic carbocycles. The van der Waals surface area contributed by atoms with Crippen LogP contribution in [-0.2, 0) is 23.7 Å². The maximum atomic E-state index is 13.3. The molecule has 2 fully saturated rings. The normalized spacial score (nSPS) is 24.5. The van der Waals surface area contributed by atoms with Crippen LogP contribution in [0.3, 0.4) is 0 Å². The SMILES string of the molecule is CCCCCCC/C=C\C/C=C\CCCCCCCCCCCC(=O)NC(COC1OC(CO)C(OC2OC(CO)C(O)C(O)C2O)C(O)C1O)C(O)/C=C/CC/C=C/CC/C=C/CCCCCCCCCCCCCCCCCC. The van der Waals surface area contributed by atoms with Crippen LogP contribution in [0.5, 0.6) is 0 Å². The fraction of sp³-hybridized carbons (Fsp3) is 0.836. The van der Waals surface area contributed by atoms with Crippen molar-refractivity contribution >= 4 is 5.91 Å². The average Bonchev–Trinajstić information content (AvgIpc) is 3.47. The van der Waals surface area contributed by atoms with Gasteiger partial charge < -0.3 is 65.1 Å². The van der Waals surface area contributed by atoms with E-state index >= 15 is 0 Å². The average molecular weight is 1150 g/mol. The predicted octanol–water partition coefficient (Wildman–Crippen LogP) is 12.5. The second kappa shape index (κ2) is 52.1. The van der Waals surface area contributed by atoms with Gasteiger partial charge in [0.15, 0.2) is 12.6 Å². The number of ether oxygens (including phenoxy) is 4. The van der Waals surface area contributed by atoms with Gasteiger partial charge in [-0.1, -0.05) is 242 Å². The van der Waals surface area contributed by atoms with Crippen LogP contribution < -0.4 is 5.32 Å². The minimum Gasteiger partial charge on any atom is -0.394 e. The second-order valence-corrected chi connectivity index (χ2v) is 23.2. The number of unbranched alkanes of at least 4 members (excludes halogenated alkanes) is 32. The summed E-state index contributed by atoms with van der Waals surface area (Å²) in [6.07, 6.45) is 51.2. The van der Waals surface area contributed by atoms with E-state index < -0.39 is 86.8 Å². The highest BCUT2D eigenvalue weighted by atomic mass is 16.7. The number of nitrogens with one attached hydrogen (secondary N) is 1. The molecule has 2 aliphatic rings. The van der Waals surface area contributed by atoms with E-state index in [4.69, 9.17) is 18.9 Å². The Kier molecular flexibility index (Phi) is 48.1. The second-order valence-electron chi connectivity index (χ2n) is 23.2. The first-order valence-corrected chi connectivity index (χ1v) is 33.0. The summed E-state index contributed by atoms with van der Waals surface area (Å²) in [7, 11) is 0. The van der Waals surface area contributed by atoms with Crippen molar-refractivity contribution in [3.05, 3.63) is 60.8 Å². The molecule has 14 heteroatoms. The number of hydrogen-bond donors (Lipinski definition) is 9. The van der Waals surface area contributed by atoms with Gasteiger partial charge >= 0.3 is 0 Å². The fourth-order valence-corrected chi connectivity index (χ4v) is 10.6. The molecule has 0 aliphatic carbocycles. The van der Waals surface area contributed by atoms with Crippen LogP contribution in [0.1, 0.15) is 264 Å². The molecule has 9 N–H and O–H groups in total. The van der Waals surface area contributed by atoms with Crippen LogP contribution in [0.25, 0.3) is 0 Å². The number of carbonyl (C=O) groups is 1. The molecule has 0 spiro atoms. The highest BCUT2D eigenvalue weighted by Gasteiger charge is 2.51. The largest absolute Gasteiger partial charge is 0.394 e. The Morgan fingerprint density at radius 1 is 0.444 bits per heavy atom. The molecule has 0 aromatic heterocycles. The number of aliphatic hydroxyl groups excluding tert-OH is 8. The number of carbonyl (C=O) groups excluding carboxylic acids is 1. The Morgan fingerprint density at radius 3 is 1.28 bits per heavy atom. The molecule has 12 atom stereocenters. The molecule has 0 aromatic rings. The van der Waals surface area contributed by atoms with E-state index in [0.29, 0.717) is 12.8 Å². The van der Waals surface area contributed by atoms with Gasteiger partial charge in [-0.15, -0.1) is 0 Å². The maximum Gasteiger partial charge on any atom is 0.220 e. The predicted molar refractivity (Wildman–Crippen MR) is 327 cm³/mol. The Hall–Kier alpha value is -2.31. The summed E-state index contributed by atoms with van der Waals surface area (Å²) in [5.41, 5.74) is 0. The Bertz CT molecular complexity index is 1590. The molecule has 1 amide bonds. The summed E-state index contributed by atoms with van der Waals surface area (Å²) in [5, 5.41) is 87.3. The molecule has 81 heavy (non-hydrogen) atoms. The van der Waals surface area contributed by atoms with Crippen molar-refractivity contribution in [2.45, 2.75) is 338 Å². The van der Waals surface area contributed by atoms with E-state index in [1.54, 1.807) is 6.08 Å². The lowest BCUT2D eigenvalue weighted by Gasteiger charge is -2.46.